The first kappa shape index (κ1) is 43.2. The van der Waals surface area contributed by atoms with Crippen LogP contribution >= 0.6 is 38.6 Å². The molecule has 0 bridgehead atoms. The van der Waals surface area contributed by atoms with Crippen molar-refractivity contribution in [2.24, 2.45) is 0 Å². The molecule has 290 valence electrons. The summed E-state index contributed by atoms with van der Waals surface area (Å²) in [5.74, 6) is 0. The van der Waals surface area contributed by atoms with Gasteiger partial charge in [-0.25, -0.2) is 0 Å². The first-order valence-electron chi connectivity index (χ1n) is 22.1. The van der Waals surface area contributed by atoms with Crippen LogP contribution in [0.1, 0.15) is 174 Å². The molecule has 2 aromatic carbocycles. The van der Waals surface area contributed by atoms with Crippen molar-refractivity contribution in [1.29, 1.82) is 0 Å². The minimum absolute atomic E-state index is 0.106. The summed E-state index contributed by atoms with van der Waals surface area (Å²) < 4.78 is 7.73. The summed E-state index contributed by atoms with van der Waals surface area (Å²) in [6.07, 6.45) is 27.1. The van der Waals surface area contributed by atoms with Gasteiger partial charge in [0.25, 0.3) is 0 Å². The number of benzene rings is 2. The number of fused-ring (bicyclic) bond motifs is 3. The van der Waals surface area contributed by atoms with Crippen LogP contribution in [0.4, 0.5) is 0 Å². The molecule has 1 aliphatic carbocycles. The maximum atomic E-state index is 3.91. The maximum absolute atomic E-state index is 3.91. The zero-order valence-corrected chi connectivity index (χ0v) is 40.3. The Morgan fingerprint density at radius 2 is 0.943 bits per heavy atom. The standard InChI is InChI=1S/C37H44BrS2.3C4H9.Sn/c1-3-5-7-9-11-13-23-37(24-14-12-10-8-6-4-2)32-26-28(34-21-22-36(40-34)35-16-15-25-39-35)17-19-30(32)31-20-18-29(38)27-33(31)37;3*1-3-4-2;/h15-22,26-27H,3-14,23-24H2,1-2H3;3*1,3-4H2,2H3;. The SMILES string of the molecule is CCCCCCCCC1(CCCCCCCC)c2cc(Br)ccc2-c2ccc(-c3ccc(-c4cc[c]([Sn]([CH2]CCC)([CH2]CCC)[CH2]CCC)s4)s3)cc21. The zero-order valence-electron chi connectivity index (χ0n) is 34.2. The zero-order chi connectivity index (χ0) is 37.5. The second-order valence-corrected chi connectivity index (χ2v) is 33.7. The summed E-state index contributed by atoms with van der Waals surface area (Å²) >= 11 is 5.71. The predicted molar refractivity (Wildman–Crippen MR) is 248 cm³/mol. The number of hydrogen-bond acceptors (Lipinski definition) is 2. The third-order valence-corrected chi connectivity index (χ3v) is 33.7. The average Bonchev–Trinajstić information content (AvgIpc) is 3.93. The average molecular weight is 923 g/mol. The Morgan fingerprint density at radius 3 is 1.53 bits per heavy atom. The third-order valence-electron chi connectivity index (χ3n) is 12.5. The van der Waals surface area contributed by atoms with E-state index in [1.54, 1.807) is 24.4 Å². The summed E-state index contributed by atoms with van der Waals surface area (Å²) in [6.45, 7) is 11.8. The van der Waals surface area contributed by atoms with Crippen molar-refractivity contribution in [2.75, 3.05) is 0 Å². The second kappa shape index (κ2) is 22.2. The van der Waals surface area contributed by atoms with Gasteiger partial charge in [0.1, 0.15) is 0 Å². The van der Waals surface area contributed by atoms with Gasteiger partial charge in [-0.1, -0.05) is 94.0 Å². The molecule has 0 saturated carbocycles. The third kappa shape index (κ3) is 11.0. The van der Waals surface area contributed by atoms with Gasteiger partial charge < -0.3 is 0 Å². The molecule has 0 fully saturated rings. The van der Waals surface area contributed by atoms with E-state index in [0.29, 0.717) is 0 Å². The fraction of sp³-hybridized carbons (Fsp3) is 0.592. The molecule has 0 saturated heterocycles. The van der Waals surface area contributed by atoms with Crippen molar-refractivity contribution in [3.63, 3.8) is 0 Å². The molecule has 5 rings (SSSR count). The summed E-state index contributed by atoms with van der Waals surface area (Å²) in [5, 5.41) is 0. The predicted octanol–water partition coefficient (Wildman–Crippen LogP) is 17.7. The molecule has 0 amide bonds. The van der Waals surface area contributed by atoms with Gasteiger partial charge in [0.05, 0.1) is 0 Å². The van der Waals surface area contributed by atoms with Gasteiger partial charge in [-0.05, 0) is 6.07 Å². The molecule has 1 aliphatic rings. The fourth-order valence-electron chi connectivity index (χ4n) is 9.37. The van der Waals surface area contributed by atoms with Crippen LogP contribution in [0.3, 0.4) is 0 Å². The summed E-state index contributed by atoms with van der Waals surface area (Å²) in [7, 11) is 0. The van der Waals surface area contributed by atoms with Crippen molar-refractivity contribution in [2.45, 2.75) is 182 Å². The molecular weight excluding hydrogens is 851 g/mol. The van der Waals surface area contributed by atoms with Crippen LogP contribution in [-0.2, 0) is 5.41 Å². The normalized spacial score (nSPS) is 13.5. The van der Waals surface area contributed by atoms with Gasteiger partial charge in [0.2, 0.25) is 0 Å². The molecule has 2 aromatic heterocycles. The van der Waals surface area contributed by atoms with Crippen LogP contribution in [0.15, 0.2) is 65.1 Å². The molecule has 0 N–H and O–H groups in total. The van der Waals surface area contributed by atoms with Crippen LogP contribution in [0.2, 0.25) is 13.3 Å². The Bertz CT molecular complexity index is 1620. The van der Waals surface area contributed by atoms with E-state index in [-0.39, 0.29) is 5.41 Å². The monoisotopic (exact) mass is 922 g/mol. The first-order chi connectivity index (χ1) is 25.9. The number of rotatable bonds is 26. The molecule has 0 aliphatic heterocycles. The molecule has 0 radical (unpaired) electrons. The Balaban J connectivity index is 1.47. The number of unbranched alkanes of at least 4 members (excludes halogenated alkanes) is 13. The van der Waals surface area contributed by atoms with E-state index in [2.05, 4.69) is 123 Å². The van der Waals surface area contributed by atoms with E-state index in [1.807, 2.05) is 14.2 Å². The van der Waals surface area contributed by atoms with Gasteiger partial charge >= 0.3 is 245 Å². The number of hydrogen-bond donors (Lipinski definition) is 0. The minimum atomic E-state index is -2.43. The van der Waals surface area contributed by atoms with Crippen LogP contribution in [0.5, 0.6) is 0 Å². The fourth-order valence-corrected chi connectivity index (χ4v) is 31.0. The van der Waals surface area contributed by atoms with E-state index in [9.17, 15) is 0 Å². The molecule has 4 heteroatoms. The van der Waals surface area contributed by atoms with Crippen molar-refractivity contribution in [3.05, 3.63) is 76.3 Å². The first-order valence-corrected chi connectivity index (χ1v) is 32.0. The Labute approximate surface area is 346 Å². The Hall–Kier alpha value is -0.881. The van der Waals surface area contributed by atoms with Gasteiger partial charge in [-0.15, -0.1) is 0 Å². The van der Waals surface area contributed by atoms with E-state index < -0.39 is 18.4 Å². The number of thiophene rings is 2. The Kier molecular flexibility index (Phi) is 18.1. The molecule has 0 spiro atoms. The summed E-state index contributed by atoms with van der Waals surface area (Å²) in [5.41, 5.74) is 7.69. The van der Waals surface area contributed by atoms with Crippen LogP contribution in [0.25, 0.3) is 31.3 Å². The molecule has 53 heavy (non-hydrogen) atoms. The summed E-state index contributed by atoms with van der Waals surface area (Å²) in [4.78, 5) is 4.41. The van der Waals surface area contributed by atoms with Gasteiger partial charge in [-0.2, -0.15) is 0 Å². The molecular formula is C49H71BrS2Sn. The van der Waals surface area contributed by atoms with Gasteiger partial charge in [-0.3, -0.25) is 0 Å². The second-order valence-electron chi connectivity index (χ2n) is 16.5. The molecule has 2 heterocycles. The van der Waals surface area contributed by atoms with Crippen molar-refractivity contribution in [1.82, 2.24) is 0 Å². The van der Waals surface area contributed by atoms with Crippen LogP contribution in [-0.4, -0.2) is 18.4 Å². The van der Waals surface area contributed by atoms with E-state index in [4.69, 9.17) is 0 Å². The topological polar surface area (TPSA) is 0 Å². The van der Waals surface area contributed by atoms with Crippen molar-refractivity contribution in [3.8, 4) is 31.3 Å². The quantitative estimate of drug-likeness (QED) is 0.0435. The molecule has 0 atom stereocenters. The summed E-state index contributed by atoms with van der Waals surface area (Å²) in [6, 6.07) is 24.7. The van der Waals surface area contributed by atoms with Crippen molar-refractivity contribution >= 4 is 59.9 Å². The van der Waals surface area contributed by atoms with Crippen LogP contribution in [0, 0.1) is 0 Å². The molecule has 0 nitrogen and oxygen atoms in total. The van der Waals surface area contributed by atoms with Gasteiger partial charge in [0.15, 0.2) is 0 Å². The molecule has 4 aromatic rings. The number of halogens is 1. The van der Waals surface area contributed by atoms with Crippen molar-refractivity contribution < 1.29 is 0 Å². The van der Waals surface area contributed by atoms with Crippen LogP contribution < -0.4 is 2.89 Å². The molecule has 0 unspecified atom stereocenters. The van der Waals surface area contributed by atoms with Gasteiger partial charge in [0, 0.05) is 4.47 Å². The van der Waals surface area contributed by atoms with E-state index in [1.165, 1.54) is 164 Å². The Morgan fingerprint density at radius 1 is 0.472 bits per heavy atom. The van der Waals surface area contributed by atoms with E-state index >= 15 is 0 Å². The van der Waals surface area contributed by atoms with E-state index in [0.717, 1.165) is 0 Å².